The number of esters is 1. The van der Waals surface area contributed by atoms with Crippen LogP contribution in [-0.4, -0.2) is 41.5 Å². The van der Waals surface area contributed by atoms with Gasteiger partial charge in [-0.25, -0.2) is 4.79 Å². The fourth-order valence-electron chi connectivity index (χ4n) is 2.40. The van der Waals surface area contributed by atoms with E-state index < -0.39 is 23.9 Å². The predicted molar refractivity (Wildman–Crippen MR) is 68.7 cm³/mol. The fraction of sp³-hybridized carbons (Fsp3) is 0.357. The van der Waals surface area contributed by atoms with E-state index in [0.29, 0.717) is 5.56 Å². The van der Waals surface area contributed by atoms with Crippen molar-refractivity contribution in [3.63, 3.8) is 0 Å². The smallest absolute Gasteiger partial charge is 0.331 e. The van der Waals surface area contributed by atoms with Gasteiger partial charge in [0.05, 0.1) is 13.0 Å². The van der Waals surface area contributed by atoms with Crippen LogP contribution >= 0.6 is 0 Å². The van der Waals surface area contributed by atoms with Crippen LogP contribution in [0.2, 0.25) is 0 Å². The molecule has 1 aromatic carbocycles. The number of hydrogen-bond donors (Lipinski definition) is 1. The van der Waals surface area contributed by atoms with Gasteiger partial charge in [-0.2, -0.15) is 0 Å². The van der Waals surface area contributed by atoms with Crippen LogP contribution < -0.4 is 0 Å². The molecular formula is C14H15NO5. The van der Waals surface area contributed by atoms with Crippen molar-refractivity contribution in [2.45, 2.75) is 12.5 Å². The number of nitrogens with zero attached hydrogens (tertiary/aromatic N) is 1. The molecule has 1 unspecified atom stereocenters. The third-order valence-electron chi connectivity index (χ3n) is 3.35. The zero-order valence-corrected chi connectivity index (χ0v) is 11.0. The van der Waals surface area contributed by atoms with Crippen molar-refractivity contribution in [2.24, 2.45) is 5.92 Å². The van der Waals surface area contributed by atoms with Crippen molar-refractivity contribution >= 4 is 17.8 Å². The molecule has 0 bridgehead atoms. The van der Waals surface area contributed by atoms with Crippen molar-refractivity contribution in [1.29, 1.82) is 0 Å². The first-order valence-electron chi connectivity index (χ1n) is 6.19. The molecule has 0 spiro atoms. The lowest BCUT2D eigenvalue weighted by Crippen LogP contribution is -2.35. The summed E-state index contributed by atoms with van der Waals surface area (Å²) in [6, 6.07) is 7.42. The standard InChI is InChI=1S/C14H15NO5/c1-20-14(19)10-7-11(16)15(8-10)12(13(17)18)9-5-3-2-4-6-9/h2-6,10,12H,7-8H2,1H3,(H,17,18)/t10?,12-/m1/s1. The highest BCUT2D eigenvalue weighted by Gasteiger charge is 2.41. The minimum atomic E-state index is -1.12. The first-order chi connectivity index (χ1) is 9.54. The van der Waals surface area contributed by atoms with Crippen LogP contribution in [0.3, 0.4) is 0 Å². The lowest BCUT2D eigenvalue weighted by atomic mass is 10.1. The Hall–Kier alpha value is -2.37. The Labute approximate surface area is 115 Å². The van der Waals surface area contributed by atoms with Crippen molar-refractivity contribution in [3.05, 3.63) is 35.9 Å². The summed E-state index contributed by atoms with van der Waals surface area (Å²) in [5.41, 5.74) is 0.513. The lowest BCUT2D eigenvalue weighted by molar-refractivity contribution is -0.149. The molecule has 0 aliphatic carbocycles. The van der Waals surface area contributed by atoms with Crippen LogP contribution in [0, 0.1) is 5.92 Å². The van der Waals surface area contributed by atoms with E-state index in [9.17, 15) is 19.5 Å². The number of benzene rings is 1. The summed E-state index contributed by atoms with van der Waals surface area (Å²) < 4.78 is 4.61. The van der Waals surface area contributed by atoms with E-state index in [1.807, 2.05) is 0 Å². The molecule has 1 N–H and O–H groups in total. The Morgan fingerprint density at radius 2 is 2.00 bits per heavy atom. The maximum atomic E-state index is 12.0. The molecule has 0 saturated carbocycles. The second-order valence-corrected chi connectivity index (χ2v) is 4.62. The van der Waals surface area contributed by atoms with E-state index in [2.05, 4.69) is 4.74 Å². The topological polar surface area (TPSA) is 83.9 Å². The van der Waals surface area contributed by atoms with Gasteiger partial charge < -0.3 is 14.7 Å². The minimum absolute atomic E-state index is 0.0106. The molecule has 0 aromatic heterocycles. The molecule has 20 heavy (non-hydrogen) atoms. The molecule has 1 aliphatic heterocycles. The van der Waals surface area contributed by atoms with Gasteiger partial charge in [-0.05, 0) is 5.56 Å². The molecule has 1 aromatic rings. The van der Waals surface area contributed by atoms with Gasteiger partial charge in [0, 0.05) is 13.0 Å². The molecule has 1 aliphatic rings. The predicted octanol–water partition coefficient (Wildman–Crippen LogP) is 0.834. The first-order valence-corrected chi connectivity index (χ1v) is 6.19. The third-order valence-corrected chi connectivity index (χ3v) is 3.35. The molecule has 6 nitrogen and oxygen atoms in total. The van der Waals surface area contributed by atoms with Crippen molar-refractivity contribution < 1.29 is 24.2 Å². The Kier molecular flexibility index (Phi) is 4.02. The summed E-state index contributed by atoms with van der Waals surface area (Å²) >= 11 is 0. The number of rotatable bonds is 4. The van der Waals surface area contributed by atoms with E-state index in [-0.39, 0.29) is 18.9 Å². The normalized spacial score (nSPS) is 19.8. The van der Waals surface area contributed by atoms with Crippen molar-refractivity contribution in [1.82, 2.24) is 4.90 Å². The molecule has 1 heterocycles. The number of ether oxygens (including phenoxy) is 1. The number of hydrogen-bond acceptors (Lipinski definition) is 4. The Morgan fingerprint density at radius 1 is 1.35 bits per heavy atom. The van der Waals surface area contributed by atoms with Crippen molar-refractivity contribution in [2.75, 3.05) is 13.7 Å². The Balaban J connectivity index is 2.25. The van der Waals surface area contributed by atoms with Gasteiger partial charge >= 0.3 is 11.9 Å². The van der Waals surface area contributed by atoms with Crippen LogP contribution in [0.15, 0.2) is 30.3 Å². The van der Waals surface area contributed by atoms with Crippen molar-refractivity contribution in [3.8, 4) is 0 Å². The van der Waals surface area contributed by atoms with E-state index >= 15 is 0 Å². The summed E-state index contributed by atoms with van der Waals surface area (Å²) in [7, 11) is 1.25. The number of amides is 1. The molecule has 106 valence electrons. The number of carboxylic acid groups (broad SMARTS) is 1. The fourth-order valence-corrected chi connectivity index (χ4v) is 2.40. The quantitative estimate of drug-likeness (QED) is 0.824. The van der Waals surface area contributed by atoms with Gasteiger partial charge in [-0.15, -0.1) is 0 Å². The van der Waals surface area contributed by atoms with Gasteiger partial charge in [0.1, 0.15) is 0 Å². The number of likely N-dealkylation sites (tertiary alicyclic amines) is 1. The summed E-state index contributed by atoms with van der Waals surface area (Å²) in [6.45, 7) is 0.0668. The number of aliphatic carboxylic acids is 1. The maximum absolute atomic E-state index is 12.0. The Bertz CT molecular complexity index is 528. The zero-order valence-electron chi connectivity index (χ0n) is 11.0. The monoisotopic (exact) mass is 277 g/mol. The maximum Gasteiger partial charge on any atom is 0.331 e. The molecule has 1 fully saturated rings. The average molecular weight is 277 g/mol. The number of carbonyl (C=O) groups excluding carboxylic acids is 2. The van der Waals surface area contributed by atoms with E-state index in [0.717, 1.165) is 0 Å². The van der Waals surface area contributed by atoms with Gasteiger partial charge in [0.2, 0.25) is 5.91 Å². The highest BCUT2D eigenvalue weighted by atomic mass is 16.5. The van der Waals surface area contributed by atoms with Gasteiger partial charge in [0.15, 0.2) is 6.04 Å². The Morgan fingerprint density at radius 3 is 2.55 bits per heavy atom. The lowest BCUT2D eigenvalue weighted by Gasteiger charge is -2.24. The van der Waals surface area contributed by atoms with Gasteiger partial charge in [0.25, 0.3) is 0 Å². The molecular weight excluding hydrogens is 262 g/mol. The van der Waals surface area contributed by atoms with Crippen LogP contribution in [0.4, 0.5) is 0 Å². The summed E-state index contributed by atoms with van der Waals surface area (Å²) in [4.78, 5) is 36.2. The summed E-state index contributed by atoms with van der Waals surface area (Å²) in [5.74, 6) is -2.55. The largest absolute Gasteiger partial charge is 0.479 e. The summed E-state index contributed by atoms with van der Waals surface area (Å²) in [6.07, 6.45) is -0.0106. The van der Waals surface area contributed by atoms with Gasteiger partial charge in [-0.3, -0.25) is 9.59 Å². The second kappa shape index (κ2) is 5.73. The minimum Gasteiger partial charge on any atom is -0.479 e. The molecule has 1 saturated heterocycles. The molecule has 2 rings (SSSR count). The highest BCUT2D eigenvalue weighted by molar-refractivity contribution is 5.90. The SMILES string of the molecule is COC(=O)C1CC(=O)N([C@@H](C(=O)O)c2ccccc2)C1. The second-order valence-electron chi connectivity index (χ2n) is 4.62. The number of carbonyl (C=O) groups is 3. The third kappa shape index (κ3) is 2.64. The molecule has 6 heteroatoms. The van der Waals surface area contributed by atoms with E-state index in [4.69, 9.17) is 0 Å². The van der Waals surface area contributed by atoms with E-state index in [1.54, 1.807) is 30.3 Å². The first kappa shape index (κ1) is 14.0. The summed E-state index contributed by atoms with van der Waals surface area (Å²) in [5, 5.41) is 9.38. The number of methoxy groups -OCH3 is 1. The van der Waals surface area contributed by atoms with Crippen LogP contribution in [0.5, 0.6) is 0 Å². The molecule has 1 amide bonds. The highest BCUT2D eigenvalue weighted by Crippen LogP contribution is 2.29. The van der Waals surface area contributed by atoms with Gasteiger partial charge in [-0.1, -0.05) is 30.3 Å². The molecule has 2 atom stereocenters. The number of carboxylic acids is 1. The zero-order chi connectivity index (χ0) is 14.7. The van der Waals surface area contributed by atoms with Crippen LogP contribution in [-0.2, 0) is 19.1 Å². The van der Waals surface area contributed by atoms with Crippen LogP contribution in [0.25, 0.3) is 0 Å². The average Bonchev–Trinajstić information content (AvgIpc) is 2.81. The molecule has 0 radical (unpaired) electrons. The van der Waals surface area contributed by atoms with E-state index in [1.165, 1.54) is 12.0 Å². The van der Waals surface area contributed by atoms with Crippen LogP contribution in [0.1, 0.15) is 18.0 Å².